The predicted molar refractivity (Wildman–Crippen MR) is 146 cm³/mol. The third-order valence-corrected chi connectivity index (χ3v) is 7.09. The monoisotopic (exact) mass is 617 g/mol. The van der Waals surface area contributed by atoms with Gasteiger partial charge in [-0.2, -0.15) is 26.3 Å². The second kappa shape index (κ2) is 14.5. The van der Waals surface area contributed by atoms with Gasteiger partial charge in [0.05, 0.1) is 17.3 Å². The molecule has 0 fully saturated rings. The van der Waals surface area contributed by atoms with Crippen LogP contribution in [0.25, 0.3) is 0 Å². The first-order valence-corrected chi connectivity index (χ1v) is 13.9. The highest BCUT2D eigenvalue weighted by Crippen LogP contribution is 2.33. The molecule has 3 atom stereocenters. The lowest BCUT2D eigenvalue weighted by molar-refractivity contribution is -0.152. The molecule has 3 amide bonds. The molecule has 2 aromatic rings. The number of benzodiazepines with no additional fused rings is 1. The second-order valence-electron chi connectivity index (χ2n) is 9.41. The molecule has 1 aliphatic rings. The molecule has 0 radical (unpaired) electrons. The summed E-state index contributed by atoms with van der Waals surface area (Å²) in [4.78, 5) is 43.9. The molecule has 0 saturated heterocycles. The number of halogens is 6. The molecule has 0 aromatic heterocycles. The molecule has 5 N–H and O–H groups in total. The number of fused-ring (bicyclic) bond motifs is 1. The number of hydrogen-bond donors (Lipinski definition) is 4. The van der Waals surface area contributed by atoms with Crippen molar-refractivity contribution in [3.63, 3.8) is 0 Å². The van der Waals surface area contributed by atoms with Gasteiger partial charge in [-0.1, -0.05) is 48.5 Å². The van der Waals surface area contributed by atoms with Gasteiger partial charge in [0.25, 0.3) is 5.91 Å². The van der Waals surface area contributed by atoms with Crippen molar-refractivity contribution in [2.24, 2.45) is 22.6 Å². The third kappa shape index (κ3) is 9.76. The van der Waals surface area contributed by atoms with Gasteiger partial charge in [0.15, 0.2) is 0 Å². The van der Waals surface area contributed by atoms with Crippen LogP contribution in [0, 0.1) is 11.8 Å². The summed E-state index contributed by atoms with van der Waals surface area (Å²) in [5.41, 5.74) is 7.07. The van der Waals surface area contributed by atoms with Crippen LogP contribution in [0.2, 0.25) is 0 Å². The van der Waals surface area contributed by atoms with Crippen molar-refractivity contribution in [1.29, 1.82) is 0 Å². The Morgan fingerprint density at radius 1 is 0.905 bits per heavy atom. The molecule has 2 aromatic carbocycles. The standard InChI is InChI=1S/C27H29F6N5O3S/c28-26(29,30)12-10-17(18(11-13-27(31,32)33)24(40)38-42-15-14-34)23(39)37-22-25(41)35-20-9-5-4-8-19(20)21(36-22)16-6-2-1-3-7-16/h1-9,17-18,22H,10-15,34H2,(H,35,41)(H,37,39)(H,38,40)/t17-,18+,22+/m0/s1. The zero-order chi connectivity index (χ0) is 30.9. The van der Waals surface area contributed by atoms with Crippen LogP contribution in [0.4, 0.5) is 32.0 Å². The van der Waals surface area contributed by atoms with Crippen LogP contribution in [0.3, 0.4) is 0 Å². The van der Waals surface area contributed by atoms with E-state index in [1.165, 1.54) is 0 Å². The molecule has 3 rings (SSSR count). The summed E-state index contributed by atoms with van der Waals surface area (Å²) in [5, 5.41) is 4.90. The smallest absolute Gasteiger partial charge is 0.330 e. The van der Waals surface area contributed by atoms with Gasteiger partial charge in [-0.3, -0.25) is 19.1 Å². The Hall–Kier alpha value is -3.59. The van der Waals surface area contributed by atoms with Gasteiger partial charge in [0.2, 0.25) is 18.0 Å². The van der Waals surface area contributed by atoms with Crippen LogP contribution in [-0.2, 0) is 14.4 Å². The molecule has 228 valence electrons. The number of aliphatic imine (C=N–C) groups is 1. The van der Waals surface area contributed by atoms with Crippen LogP contribution in [0.5, 0.6) is 0 Å². The summed E-state index contributed by atoms with van der Waals surface area (Å²) in [6.07, 6.45) is -16.2. The number of hydrogen-bond acceptors (Lipinski definition) is 6. The fourth-order valence-electron chi connectivity index (χ4n) is 4.35. The van der Waals surface area contributed by atoms with Gasteiger partial charge in [0, 0.05) is 42.2 Å². The van der Waals surface area contributed by atoms with Crippen LogP contribution >= 0.6 is 11.9 Å². The minimum Gasteiger partial charge on any atom is -0.330 e. The number of amides is 3. The predicted octanol–water partition coefficient (Wildman–Crippen LogP) is 4.56. The van der Waals surface area contributed by atoms with E-state index in [-0.39, 0.29) is 18.0 Å². The summed E-state index contributed by atoms with van der Waals surface area (Å²) in [6, 6.07) is 15.2. The molecular formula is C27H29F6N5O3S. The van der Waals surface area contributed by atoms with E-state index in [9.17, 15) is 40.7 Å². The Kier molecular flexibility index (Phi) is 11.4. The number of carbonyl (C=O) groups is 3. The van der Waals surface area contributed by atoms with Crippen molar-refractivity contribution >= 4 is 41.1 Å². The Morgan fingerprint density at radius 2 is 1.48 bits per heavy atom. The number of nitrogens with one attached hydrogen (secondary N) is 3. The normalized spacial score (nSPS) is 16.8. The van der Waals surface area contributed by atoms with Gasteiger partial charge >= 0.3 is 12.4 Å². The van der Waals surface area contributed by atoms with Crippen LogP contribution < -0.4 is 21.1 Å². The summed E-state index contributed by atoms with van der Waals surface area (Å²) in [7, 11) is 0. The lowest BCUT2D eigenvalue weighted by Crippen LogP contribution is -2.48. The lowest BCUT2D eigenvalue weighted by atomic mass is 9.83. The number of benzene rings is 2. The Balaban J connectivity index is 1.98. The molecule has 42 heavy (non-hydrogen) atoms. The van der Waals surface area contributed by atoms with E-state index in [0.29, 0.717) is 16.8 Å². The molecule has 0 unspecified atom stereocenters. The van der Waals surface area contributed by atoms with Crippen molar-refractivity contribution < 1.29 is 40.7 Å². The highest BCUT2D eigenvalue weighted by Gasteiger charge is 2.41. The average molecular weight is 618 g/mol. The third-order valence-electron chi connectivity index (χ3n) is 6.30. The number of alkyl halides is 6. The van der Waals surface area contributed by atoms with Gasteiger partial charge in [-0.15, -0.1) is 0 Å². The van der Waals surface area contributed by atoms with E-state index < -0.39 is 73.8 Å². The number of nitrogens with two attached hydrogens (primary N) is 1. The minimum atomic E-state index is -4.77. The van der Waals surface area contributed by atoms with Gasteiger partial charge < -0.3 is 16.4 Å². The van der Waals surface area contributed by atoms with Gasteiger partial charge in [0.1, 0.15) is 0 Å². The van der Waals surface area contributed by atoms with Crippen molar-refractivity contribution in [3.8, 4) is 0 Å². The van der Waals surface area contributed by atoms with Crippen molar-refractivity contribution in [1.82, 2.24) is 10.0 Å². The minimum absolute atomic E-state index is 0.108. The molecule has 0 aliphatic carbocycles. The first-order chi connectivity index (χ1) is 19.8. The summed E-state index contributed by atoms with van der Waals surface area (Å²) in [5.74, 6) is -6.56. The first kappa shape index (κ1) is 32.9. The van der Waals surface area contributed by atoms with Crippen molar-refractivity contribution in [3.05, 3.63) is 65.7 Å². The van der Waals surface area contributed by atoms with Gasteiger partial charge in [-0.05, 0) is 30.9 Å². The van der Waals surface area contributed by atoms with E-state index in [1.807, 2.05) is 0 Å². The van der Waals surface area contributed by atoms with E-state index in [2.05, 4.69) is 20.3 Å². The second-order valence-corrected chi connectivity index (χ2v) is 10.3. The van der Waals surface area contributed by atoms with E-state index >= 15 is 0 Å². The lowest BCUT2D eigenvalue weighted by Gasteiger charge is -2.27. The Bertz CT molecular complexity index is 1270. The summed E-state index contributed by atoms with van der Waals surface area (Å²) < 4.78 is 81.3. The highest BCUT2D eigenvalue weighted by atomic mass is 32.2. The summed E-state index contributed by atoms with van der Waals surface area (Å²) in [6.45, 7) is 0.108. The van der Waals surface area contributed by atoms with E-state index in [0.717, 1.165) is 11.9 Å². The van der Waals surface area contributed by atoms with E-state index in [1.54, 1.807) is 54.6 Å². The Labute approximate surface area is 242 Å². The molecule has 0 saturated carbocycles. The fourth-order valence-corrected chi connectivity index (χ4v) is 4.86. The van der Waals surface area contributed by atoms with Crippen molar-refractivity contribution in [2.75, 3.05) is 17.6 Å². The van der Waals surface area contributed by atoms with Crippen LogP contribution in [0.1, 0.15) is 36.8 Å². The molecule has 1 aliphatic heterocycles. The summed E-state index contributed by atoms with van der Waals surface area (Å²) >= 11 is 0.760. The topological polar surface area (TPSA) is 126 Å². The molecular weight excluding hydrogens is 588 g/mol. The number of anilines is 1. The van der Waals surface area contributed by atoms with E-state index in [4.69, 9.17) is 5.73 Å². The maximum atomic E-state index is 13.5. The number of nitrogens with zero attached hydrogens (tertiary/aromatic N) is 1. The fraction of sp³-hybridized carbons (Fsp3) is 0.407. The average Bonchev–Trinajstić information content (AvgIpc) is 3.05. The molecule has 1 heterocycles. The molecule has 0 bridgehead atoms. The first-order valence-electron chi connectivity index (χ1n) is 12.9. The zero-order valence-electron chi connectivity index (χ0n) is 22.1. The maximum absolute atomic E-state index is 13.5. The zero-order valence-corrected chi connectivity index (χ0v) is 22.9. The maximum Gasteiger partial charge on any atom is 0.389 e. The Morgan fingerprint density at radius 3 is 2.07 bits per heavy atom. The number of rotatable bonds is 12. The molecule has 0 spiro atoms. The van der Waals surface area contributed by atoms with Crippen LogP contribution in [-0.4, -0.2) is 54.2 Å². The quantitative estimate of drug-likeness (QED) is 0.158. The van der Waals surface area contributed by atoms with Crippen LogP contribution in [0.15, 0.2) is 59.6 Å². The number of carbonyl (C=O) groups excluding carboxylic acids is 3. The van der Waals surface area contributed by atoms with Crippen molar-refractivity contribution in [2.45, 2.75) is 44.2 Å². The number of para-hydroxylation sites is 1. The SMILES string of the molecule is NCCSNC(=O)[C@H](CCC(F)(F)F)[C@H](CCC(F)(F)F)C(=O)N[C@H]1N=C(c2ccccc2)c2ccccc2NC1=O. The largest absolute Gasteiger partial charge is 0.389 e. The highest BCUT2D eigenvalue weighted by molar-refractivity contribution is 7.97. The van der Waals surface area contributed by atoms with Gasteiger partial charge in [-0.25, -0.2) is 4.99 Å². The molecule has 15 heteroatoms. The molecule has 8 nitrogen and oxygen atoms in total.